The van der Waals surface area contributed by atoms with Crippen LogP contribution in [0.4, 0.5) is 0 Å². The summed E-state index contributed by atoms with van der Waals surface area (Å²) in [4.78, 5) is 28.6. The molecule has 2 N–H and O–H groups in total. The third-order valence-electron chi connectivity index (χ3n) is 7.03. The van der Waals surface area contributed by atoms with Crippen LogP contribution < -0.4 is 4.74 Å². The predicted octanol–water partition coefficient (Wildman–Crippen LogP) is 6.18. The molecule has 0 spiro atoms. The third kappa shape index (κ3) is 4.39. The van der Waals surface area contributed by atoms with Crippen LogP contribution in [0.5, 0.6) is 11.5 Å². The van der Waals surface area contributed by atoms with Crippen molar-refractivity contribution in [3.05, 3.63) is 112 Å². The Morgan fingerprint density at radius 3 is 2.50 bits per heavy atom. The van der Waals surface area contributed by atoms with Gasteiger partial charge in [0.1, 0.15) is 5.76 Å². The highest BCUT2D eigenvalue weighted by Crippen LogP contribution is 2.43. The second-order valence-electron chi connectivity index (χ2n) is 9.54. The van der Waals surface area contributed by atoms with Crippen LogP contribution >= 0.6 is 0 Å². The van der Waals surface area contributed by atoms with Gasteiger partial charge in [0.05, 0.1) is 18.2 Å². The molecule has 1 amide bonds. The van der Waals surface area contributed by atoms with Crippen LogP contribution in [0.15, 0.2) is 84.4 Å². The molecule has 0 bridgehead atoms. The minimum Gasteiger partial charge on any atom is -0.507 e. The molecule has 1 saturated heterocycles. The van der Waals surface area contributed by atoms with Crippen molar-refractivity contribution in [2.24, 2.45) is 0 Å². The van der Waals surface area contributed by atoms with Crippen molar-refractivity contribution in [3.8, 4) is 11.5 Å². The third-order valence-corrected chi connectivity index (χ3v) is 7.03. The number of hydrogen-bond acceptors (Lipinski definition) is 5. The van der Waals surface area contributed by atoms with Gasteiger partial charge in [0.25, 0.3) is 11.7 Å². The van der Waals surface area contributed by atoms with E-state index < -0.39 is 17.7 Å². The van der Waals surface area contributed by atoms with Crippen LogP contribution in [0.1, 0.15) is 40.8 Å². The molecular formula is C32H29NO5. The Hall–Kier alpha value is -4.58. The maximum absolute atomic E-state index is 13.6. The molecule has 0 saturated carbocycles. The zero-order valence-corrected chi connectivity index (χ0v) is 21.6. The summed E-state index contributed by atoms with van der Waals surface area (Å²) >= 11 is 0. The Kier molecular flexibility index (Phi) is 6.64. The lowest BCUT2D eigenvalue weighted by molar-refractivity contribution is -0.140. The Labute approximate surface area is 221 Å². The number of carbonyl (C=O) groups excluding carboxylic acids is 2. The molecule has 1 atom stereocenters. The number of ether oxygens (including phenoxy) is 1. The van der Waals surface area contributed by atoms with Crippen molar-refractivity contribution in [2.45, 2.75) is 33.4 Å². The van der Waals surface area contributed by atoms with E-state index in [0.717, 1.165) is 27.5 Å². The summed E-state index contributed by atoms with van der Waals surface area (Å²) in [6.45, 7) is 6.25. The monoisotopic (exact) mass is 507 g/mol. The van der Waals surface area contributed by atoms with Gasteiger partial charge in [0.2, 0.25) is 0 Å². The molecule has 1 unspecified atom stereocenters. The Morgan fingerprint density at radius 1 is 0.947 bits per heavy atom. The normalized spacial score (nSPS) is 16.8. The number of ketones is 1. The Morgan fingerprint density at radius 2 is 1.71 bits per heavy atom. The van der Waals surface area contributed by atoms with Crippen molar-refractivity contribution in [1.82, 2.24) is 4.90 Å². The van der Waals surface area contributed by atoms with Crippen LogP contribution in [0, 0.1) is 13.8 Å². The summed E-state index contributed by atoms with van der Waals surface area (Å²) in [6, 6.07) is 22.9. The van der Waals surface area contributed by atoms with E-state index in [1.807, 2.05) is 68.4 Å². The summed E-state index contributed by atoms with van der Waals surface area (Å²) in [7, 11) is 0. The summed E-state index contributed by atoms with van der Waals surface area (Å²) in [6.07, 6.45) is 0. The van der Waals surface area contributed by atoms with E-state index >= 15 is 0 Å². The van der Waals surface area contributed by atoms with Crippen molar-refractivity contribution in [1.29, 1.82) is 0 Å². The molecule has 4 aromatic rings. The van der Waals surface area contributed by atoms with Crippen molar-refractivity contribution < 1.29 is 24.5 Å². The standard InChI is InChI=1S/C32H29NO5/c1-4-38-27-17-22(14-15-26(27)34)29-28(30(35)25-11-7-9-21-8-5-6-10-24(21)25)31(36)32(37)33(29)18-23-16-19(2)12-13-20(23)3/h5-17,29,34-35H,4,18H2,1-3H3/b30-28+. The van der Waals surface area contributed by atoms with Gasteiger partial charge in [-0.15, -0.1) is 0 Å². The van der Waals surface area contributed by atoms with E-state index in [-0.39, 0.29) is 29.4 Å². The molecule has 6 heteroatoms. The van der Waals surface area contributed by atoms with Crippen LogP contribution in [0.2, 0.25) is 0 Å². The molecule has 0 radical (unpaired) electrons. The number of hydrogen-bond donors (Lipinski definition) is 2. The number of carbonyl (C=O) groups is 2. The van der Waals surface area contributed by atoms with E-state index in [2.05, 4.69) is 0 Å². The molecule has 192 valence electrons. The fraction of sp³-hybridized carbons (Fsp3) is 0.188. The second kappa shape index (κ2) is 10.1. The summed E-state index contributed by atoms with van der Waals surface area (Å²) in [5.74, 6) is -1.48. The molecule has 5 rings (SSSR count). The van der Waals surface area contributed by atoms with Gasteiger partial charge in [-0.1, -0.05) is 72.3 Å². The first-order valence-electron chi connectivity index (χ1n) is 12.6. The number of aryl methyl sites for hydroxylation is 2. The lowest BCUT2D eigenvalue weighted by Gasteiger charge is -2.27. The summed E-state index contributed by atoms with van der Waals surface area (Å²) < 4.78 is 5.60. The number of Topliss-reactive ketones (excluding diaryl/α,β-unsaturated/α-hetero) is 1. The molecule has 1 aliphatic heterocycles. The lowest BCUT2D eigenvalue weighted by Crippen LogP contribution is -2.29. The molecule has 4 aromatic carbocycles. The Balaban J connectivity index is 1.73. The van der Waals surface area contributed by atoms with Crippen molar-refractivity contribution in [3.63, 3.8) is 0 Å². The van der Waals surface area contributed by atoms with Gasteiger partial charge in [-0.2, -0.15) is 0 Å². The number of benzene rings is 4. The minimum atomic E-state index is -0.881. The van der Waals surface area contributed by atoms with E-state index in [4.69, 9.17) is 4.74 Å². The largest absolute Gasteiger partial charge is 0.507 e. The van der Waals surface area contributed by atoms with E-state index in [1.165, 1.54) is 11.0 Å². The first-order valence-corrected chi connectivity index (χ1v) is 12.6. The SMILES string of the molecule is CCOc1cc(C2/C(=C(\O)c3cccc4ccccc34)C(=O)C(=O)N2Cc2cc(C)ccc2C)ccc1O. The molecular weight excluding hydrogens is 478 g/mol. The first-order chi connectivity index (χ1) is 18.3. The van der Waals surface area contributed by atoms with Crippen LogP contribution in [0.3, 0.4) is 0 Å². The predicted molar refractivity (Wildman–Crippen MR) is 147 cm³/mol. The molecule has 0 aliphatic carbocycles. The van der Waals surface area contributed by atoms with E-state index in [1.54, 1.807) is 25.1 Å². The fourth-order valence-electron chi connectivity index (χ4n) is 5.09. The smallest absolute Gasteiger partial charge is 0.295 e. The highest BCUT2D eigenvalue weighted by atomic mass is 16.5. The number of phenolic OH excluding ortho intramolecular Hbond substituents is 1. The quantitative estimate of drug-likeness (QED) is 0.185. The molecule has 1 heterocycles. The number of phenols is 1. The second-order valence-corrected chi connectivity index (χ2v) is 9.54. The van der Waals surface area contributed by atoms with Crippen molar-refractivity contribution in [2.75, 3.05) is 6.61 Å². The molecule has 1 aliphatic rings. The fourth-order valence-corrected chi connectivity index (χ4v) is 5.09. The maximum Gasteiger partial charge on any atom is 0.295 e. The maximum atomic E-state index is 13.6. The number of rotatable bonds is 6. The van der Waals surface area contributed by atoms with Crippen molar-refractivity contribution >= 4 is 28.2 Å². The van der Waals surface area contributed by atoms with Gasteiger partial charge in [0, 0.05) is 12.1 Å². The zero-order chi connectivity index (χ0) is 27.0. The topological polar surface area (TPSA) is 87.1 Å². The Bertz CT molecular complexity index is 1600. The summed E-state index contributed by atoms with van der Waals surface area (Å²) in [5.41, 5.74) is 3.97. The number of likely N-dealkylation sites (tertiary alicyclic amines) is 1. The van der Waals surface area contributed by atoms with Crippen LogP contribution in [-0.2, 0) is 16.1 Å². The number of nitrogens with zero attached hydrogens (tertiary/aromatic N) is 1. The van der Waals surface area contributed by atoms with Gasteiger partial charge in [-0.3, -0.25) is 9.59 Å². The van der Waals surface area contributed by atoms with Gasteiger partial charge in [-0.25, -0.2) is 0 Å². The van der Waals surface area contributed by atoms with Gasteiger partial charge in [-0.05, 0) is 60.4 Å². The molecule has 1 fully saturated rings. The molecule has 6 nitrogen and oxygen atoms in total. The van der Waals surface area contributed by atoms with E-state index in [9.17, 15) is 19.8 Å². The number of aliphatic hydroxyl groups excluding tert-OH is 1. The molecule has 0 aromatic heterocycles. The van der Waals surface area contributed by atoms with E-state index in [0.29, 0.717) is 17.7 Å². The average Bonchev–Trinajstić information content (AvgIpc) is 3.16. The number of aromatic hydroxyl groups is 1. The minimum absolute atomic E-state index is 0.00444. The number of fused-ring (bicyclic) bond motifs is 1. The number of aliphatic hydroxyl groups is 1. The first kappa shape index (κ1) is 25.1. The average molecular weight is 508 g/mol. The number of amides is 1. The lowest BCUT2D eigenvalue weighted by atomic mass is 9.93. The highest BCUT2D eigenvalue weighted by molar-refractivity contribution is 6.46. The van der Waals surface area contributed by atoms with Gasteiger partial charge >= 0.3 is 0 Å². The van der Waals surface area contributed by atoms with Gasteiger partial charge < -0.3 is 19.8 Å². The van der Waals surface area contributed by atoms with Crippen LogP contribution in [-0.4, -0.2) is 33.4 Å². The van der Waals surface area contributed by atoms with Crippen LogP contribution in [0.25, 0.3) is 16.5 Å². The molecule has 38 heavy (non-hydrogen) atoms. The van der Waals surface area contributed by atoms with Gasteiger partial charge in [0.15, 0.2) is 11.5 Å². The highest BCUT2D eigenvalue weighted by Gasteiger charge is 2.46. The summed E-state index contributed by atoms with van der Waals surface area (Å²) in [5, 5.41) is 23.6. The zero-order valence-electron chi connectivity index (χ0n) is 21.6.